The Kier molecular flexibility index (Phi) is 6.20. The van der Waals surface area contributed by atoms with Gasteiger partial charge in [-0.05, 0) is 55.0 Å². The zero-order valence-corrected chi connectivity index (χ0v) is 14.1. The molecule has 2 aromatic rings. The van der Waals surface area contributed by atoms with Crippen LogP contribution in [0.3, 0.4) is 0 Å². The Hall–Kier alpha value is -1.84. The SMILES string of the molecule is CCc1ccc(COc2ccc(CCC(C)(N)CO)cc2)cc1. The molecule has 0 saturated carbocycles. The molecule has 0 amide bonds. The Balaban J connectivity index is 1.84. The minimum absolute atomic E-state index is 0.00498. The van der Waals surface area contributed by atoms with Gasteiger partial charge in [-0.15, -0.1) is 0 Å². The molecule has 0 fully saturated rings. The van der Waals surface area contributed by atoms with E-state index in [0.717, 1.165) is 25.0 Å². The first-order valence-electron chi connectivity index (χ1n) is 8.22. The van der Waals surface area contributed by atoms with Gasteiger partial charge in [-0.1, -0.05) is 43.3 Å². The number of benzene rings is 2. The number of nitrogens with two attached hydrogens (primary N) is 1. The van der Waals surface area contributed by atoms with Crippen molar-refractivity contribution in [3.63, 3.8) is 0 Å². The predicted molar refractivity (Wildman–Crippen MR) is 94.6 cm³/mol. The molecule has 1 atom stereocenters. The fourth-order valence-electron chi connectivity index (χ4n) is 2.30. The first-order valence-corrected chi connectivity index (χ1v) is 8.22. The fourth-order valence-corrected chi connectivity index (χ4v) is 2.30. The van der Waals surface area contributed by atoms with Crippen LogP contribution in [-0.2, 0) is 19.4 Å². The lowest BCUT2D eigenvalue weighted by atomic mass is 9.95. The highest BCUT2D eigenvalue weighted by molar-refractivity contribution is 5.28. The molecule has 0 bridgehead atoms. The van der Waals surface area contributed by atoms with Crippen LogP contribution in [-0.4, -0.2) is 17.3 Å². The number of aliphatic hydroxyl groups excluding tert-OH is 1. The maximum Gasteiger partial charge on any atom is 0.119 e. The lowest BCUT2D eigenvalue weighted by Gasteiger charge is -2.21. The summed E-state index contributed by atoms with van der Waals surface area (Å²) in [4.78, 5) is 0. The predicted octanol–water partition coefficient (Wildman–Crippen LogP) is 3.47. The molecule has 0 aliphatic carbocycles. The highest BCUT2D eigenvalue weighted by Crippen LogP contribution is 2.17. The average molecular weight is 313 g/mol. The molecule has 3 N–H and O–H groups in total. The van der Waals surface area contributed by atoms with Crippen molar-refractivity contribution in [2.45, 2.75) is 45.3 Å². The molecule has 1 unspecified atom stereocenters. The molecule has 3 nitrogen and oxygen atoms in total. The third-order valence-electron chi connectivity index (χ3n) is 4.11. The number of aryl methyl sites for hydroxylation is 2. The van der Waals surface area contributed by atoms with Gasteiger partial charge in [-0.25, -0.2) is 0 Å². The zero-order chi connectivity index (χ0) is 16.7. The van der Waals surface area contributed by atoms with Gasteiger partial charge in [0, 0.05) is 5.54 Å². The van der Waals surface area contributed by atoms with E-state index in [4.69, 9.17) is 10.5 Å². The number of hydrogen-bond donors (Lipinski definition) is 2. The number of rotatable bonds is 8. The molecule has 0 aliphatic rings. The molecule has 2 aromatic carbocycles. The van der Waals surface area contributed by atoms with Gasteiger partial charge >= 0.3 is 0 Å². The Morgan fingerprint density at radius 3 is 2.09 bits per heavy atom. The van der Waals surface area contributed by atoms with E-state index in [9.17, 15) is 5.11 Å². The second kappa shape index (κ2) is 8.14. The van der Waals surface area contributed by atoms with Gasteiger partial charge in [0.25, 0.3) is 0 Å². The molecule has 2 rings (SSSR count). The van der Waals surface area contributed by atoms with E-state index < -0.39 is 5.54 Å². The highest BCUT2D eigenvalue weighted by Gasteiger charge is 2.16. The summed E-state index contributed by atoms with van der Waals surface area (Å²) >= 11 is 0. The minimum Gasteiger partial charge on any atom is -0.489 e. The summed E-state index contributed by atoms with van der Waals surface area (Å²) < 4.78 is 5.82. The molecule has 0 aliphatic heterocycles. The number of aliphatic hydroxyl groups is 1. The molecule has 3 heteroatoms. The summed E-state index contributed by atoms with van der Waals surface area (Å²) in [6, 6.07) is 16.6. The Labute approximate surface area is 139 Å². The lowest BCUT2D eigenvalue weighted by molar-refractivity contribution is 0.200. The molecule has 0 heterocycles. The number of hydrogen-bond acceptors (Lipinski definition) is 3. The van der Waals surface area contributed by atoms with Crippen molar-refractivity contribution in [2.24, 2.45) is 5.73 Å². The molecule has 0 aromatic heterocycles. The van der Waals surface area contributed by atoms with Crippen LogP contribution in [0.5, 0.6) is 5.75 Å². The maximum atomic E-state index is 9.18. The summed E-state index contributed by atoms with van der Waals surface area (Å²) in [6.45, 7) is 4.61. The summed E-state index contributed by atoms with van der Waals surface area (Å²) in [6.07, 6.45) is 2.67. The van der Waals surface area contributed by atoms with E-state index in [1.54, 1.807) is 0 Å². The normalized spacial score (nSPS) is 13.6. The van der Waals surface area contributed by atoms with Crippen LogP contribution in [0.2, 0.25) is 0 Å². The van der Waals surface area contributed by atoms with Gasteiger partial charge in [0.05, 0.1) is 6.61 Å². The summed E-state index contributed by atoms with van der Waals surface area (Å²) in [5, 5.41) is 9.18. The quantitative estimate of drug-likeness (QED) is 0.784. The van der Waals surface area contributed by atoms with E-state index in [-0.39, 0.29) is 6.61 Å². The van der Waals surface area contributed by atoms with Crippen LogP contribution in [0.15, 0.2) is 48.5 Å². The maximum absolute atomic E-state index is 9.18. The standard InChI is InChI=1S/C20H27NO2/c1-3-16-4-6-18(7-5-16)14-23-19-10-8-17(9-11-19)12-13-20(2,21)15-22/h4-11,22H,3,12-15,21H2,1-2H3. The van der Waals surface area contributed by atoms with Crippen molar-refractivity contribution in [1.29, 1.82) is 0 Å². The zero-order valence-electron chi connectivity index (χ0n) is 14.1. The van der Waals surface area contributed by atoms with Crippen molar-refractivity contribution >= 4 is 0 Å². The molecule has 124 valence electrons. The van der Waals surface area contributed by atoms with Crippen LogP contribution < -0.4 is 10.5 Å². The van der Waals surface area contributed by atoms with Crippen molar-refractivity contribution < 1.29 is 9.84 Å². The minimum atomic E-state index is -0.514. The fraction of sp³-hybridized carbons (Fsp3) is 0.400. The van der Waals surface area contributed by atoms with E-state index >= 15 is 0 Å². The third kappa shape index (κ3) is 5.70. The smallest absolute Gasteiger partial charge is 0.119 e. The van der Waals surface area contributed by atoms with Gasteiger partial charge < -0.3 is 15.6 Å². The van der Waals surface area contributed by atoms with Gasteiger partial charge in [0.15, 0.2) is 0 Å². The first kappa shape index (κ1) is 17.5. The monoisotopic (exact) mass is 313 g/mol. The molecule has 23 heavy (non-hydrogen) atoms. The topological polar surface area (TPSA) is 55.5 Å². The van der Waals surface area contributed by atoms with E-state index in [0.29, 0.717) is 6.61 Å². The molecule has 0 spiro atoms. The summed E-state index contributed by atoms with van der Waals surface area (Å²) in [7, 11) is 0. The molecular formula is C20H27NO2. The Morgan fingerprint density at radius 2 is 1.52 bits per heavy atom. The summed E-state index contributed by atoms with van der Waals surface area (Å²) in [5.41, 5.74) is 9.16. The highest BCUT2D eigenvalue weighted by atomic mass is 16.5. The van der Waals surface area contributed by atoms with E-state index in [2.05, 4.69) is 43.3 Å². The number of ether oxygens (including phenoxy) is 1. The van der Waals surface area contributed by atoms with Crippen molar-refractivity contribution in [3.8, 4) is 5.75 Å². The van der Waals surface area contributed by atoms with Gasteiger partial charge in [0.1, 0.15) is 12.4 Å². The van der Waals surface area contributed by atoms with Gasteiger partial charge in [-0.2, -0.15) is 0 Å². The van der Waals surface area contributed by atoms with Crippen molar-refractivity contribution in [2.75, 3.05) is 6.61 Å². The summed E-state index contributed by atoms with van der Waals surface area (Å²) in [5.74, 6) is 0.867. The van der Waals surface area contributed by atoms with Crippen molar-refractivity contribution in [3.05, 3.63) is 65.2 Å². The van der Waals surface area contributed by atoms with Crippen molar-refractivity contribution in [1.82, 2.24) is 0 Å². The van der Waals surface area contributed by atoms with Crippen LogP contribution in [0.4, 0.5) is 0 Å². The third-order valence-corrected chi connectivity index (χ3v) is 4.11. The van der Waals surface area contributed by atoms with E-state index in [1.165, 1.54) is 16.7 Å². The molecular weight excluding hydrogens is 286 g/mol. The van der Waals surface area contributed by atoms with E-state index in [1.807, 2.05) is 19.1 Å². The molecule has 0 radical (unpaired) electrons. The largest absolute Gasteiger partial charge is 0.489 e. The average Bonchev–Trinajstić information content (AvgIpc) is 2.59. The van der Waals surface area contributed by atoms with Crippen LogP contribution >= 0.6 is 0 Å². The van der Waals surface area contributed by atoms with Crippen LogP contribution in [0.25, 0.3) is 0 Å². The lowest BCUT2D eigenvalue weighted by Crippen LogP contribution is -2.40. The Morgan fingerprint density at radius 1 is 0.957 bits per heavy atom. The van der Waals surface area contributed by atoms with Crippen LogP contribution in [0, 0.1) is 0 Å². The second-order valence-corrected chi connectivity index (χ2v) is 6.41. The second-order valence-electron chi connectivity index (χ2n) is 6.41. The molecule has 0 saturated heterocycles. The van der Waals surface area contributed by atoms with Gasteiger partial charge in [0.2, 0.25) is 0 Å². The van der Waals surface area contributed by atoms with Gasteiger partial charge in [-0.3, -0.25) is 0 Å². The van der Waals surface area contributed by atoms with Crippen LogP contribution in [0.1, 0.15) is 37.0 Å². The Bertz CT molecular complexity index is 588. The first-order chi connectivity index (χ1) is 11.0.